The Balaban J connectivity index is 1.26. The highest BCUT2D eigenvalue weighted by Crippen LogP contribution is 2.28. The molecule has 6 rings (SSSR count). The van der Waals surface area contributed by atoms with E-state index in [1.165, 1.54) is 0 Å². The lowest BCUT2D eigenvalue weighted by atomic mass is 10.0. The molecule has 3 aromatic carbocycles. The fraction of sp³-hybridized carbons (Fsp3) is 0.0345. The molecule has 0 fully saturated rings. The molecule has 0 radical (unpaired) electrons. The zero-order valence-corrected chi connectivity index (χ0v) is 19.2. The van der Waals surface area contributed by atoms with E-state index in [0.717, 1.165) is 16.5 Å². The number of carbonyl (C=O) groups excluding carboxylic acids is 1. The molecular weight excluding hydrogens is 454 g/mol. The van der Waals surface area contributed by atoms with Gasteiger partial charge in [-0.2, -0.15) is 4.98 Å². The van der Waals surface area contributed by atoms with Gasteiger partial charge in [-0.05, 0) is 66.6 Å². The zero-order chi connectivity index (χ0) is 24.6. The van der Waals surface area contributed by atoms with Gasteiger partial charge < -0.3 is 14.2 Å². The van der Waals surface area contributed by atoms with Crippen LogP contribution in [0.2, 0.25) is 0 Å². The normalized spacial score (nSPS) is 11.1. The van der Waals surface area contributed by atoms with E-state index in [0.29, 0.717) is 45.1 Å². The molecule has 7 nitrogen and oxygen atoms in total. The van der Waals surface area contributed by atoms with E-state index < -0.39 is 5.63 Å². The van der Waals surface area contributed by atoms with Crippen LogP contribution in [0.25, 0.3) is 44.8 Å². The Bertz CT molecular complexity index is 1780. The average molecular weight is 473 g/mol. The predicted molar refractivity (Wildman–Crippen MR) is 138 cm³/mol. The molecule has 0 aliphatic heterocycles. The zero-order valence-electron chi connectivity index (χ0n) is 19.2. The largest absolute Gasteiger partial charge is 0.434 e. The molecule has 0 aliphatic rings. The summed E-state index contributed by atoms with van der Waals surface area (Å²) in [5.74, 6) is 0.157. The van der Waals surface area contributed by atoms with E-state index in [2.05, 4.69) is 15.3 Å². The van der Waals surface area contributed by atoms with Crippen LogP contribution in [0.1, 0.15) is 15.9 Å². The maximum Gasteiger partial charge on any atom is 0.344 e. The highest BCUT2D eigenvalue weighted by Gasteiger charge is 2.14. The molecule has 3 aromatic heterocycles. The number of nitrogens with one attached hydrogen (secondary N) is 1. The topological polar surface area (TPSA) is 98.2 Å². The summed E-state index contributed by atoms with van der Waals surface area (Å²) < 4.78 is 11.2. The number of para-hydroxylation sites is 1. The summed E-state index contributed by atoms with van der Waals surface area (Å²) in [5, 5.41) is 3.79. The van der Waals surface area contributed by atoms with E-state index >= 15 is 0 Å². The van der Waals surface area contributed by atoms with Crippen molar-refractivity contribution in [1.29, 1.82) is 0 Å². The van der Waals surface area contributed by atoms with Gasteiger partial charge in [-0.3, -0.25) is 4.79 Å². The standard InChI is InChI=1S/C29H19N3O4/c1-17-8-9-21(28-32-26-25(35-28)7-4-14-30-26)16-23(17)31-27(33)19-12-10-18(11-13-19)22-15-20-5-2-3-6-24(20)36-29(22)34/h2-16H,1H3,(H,31,33). The van der Waals surface area contributed by atoms with Crippen LogP contribution in [0.15, 0.2) is 105 Å². The summed E-state index contributed by atoms with van der Waals surface area (Å²) in [6, 6.07) is 25.2. The number of nitrogens with zero attached hydrogens (tertiary/aromatic N) is 2. The van der Waals surface area contributed by atoms with E-state index in [9.17, 15) is 9.59 Å². The number of aromatic nitrogens is 2. The average Bonchev–Trinajstić information content (AvgIpc) is 3.34. The lowest BCUT2D eigenvalue weighted by Gasteiger charge is -2.10. The fourth-order valence-corrected chi connectivity index (χ4v) is 4.04. The van der Waals surface area contributed by atoms with Crippen LogP contribution in [-0.4, -0.2) is 15.9 Å². The molecular formula is C29H19N3O4. The number of oxazole rings is 1. The second-order valence-electron chi connectivity index (χ2n) is 8.39. The summed E-state index contributed by atoms with van der Waals surface area (Å²) in [5.41, 5.74) is 5.08. The molecule has 0 bridgehead atoms. The first-order valence-electron chi connectivity index (χ1n) is 11.3. The maximum atomic E-state index is 13.0. The number of benzene rings is 3. The molecule has 1 N–H and O–H groups in total. The number of hydrogen-bond acceptors (Lipinski definition) is 6. The monoisotopic (exact) mass is 473 g/mol. The molecule has 36 heavy (non-hydrogen) atoms. The van der Waals surface area contributed by atoms with Gasteiger partial charge in [0.2, 0.25) is 5.89 Å². The van der Waals surface area contributed by atoms with Crippen LogP contribution >= 0.6 is 0 Å². The summed E-state index contributed by atoms with van der Waals surface area (Å²) in [6.07, 6.45) is 1.66. The minimum Gasteiger partial charge on any atom is -0.434 e. The number of anilines is 1. The third-order valence-electron chi connectivity index (χ3n) is 6.00. The van der Waals surface area contributed by atoms with Crippen molar-refractivity contribution in [3.8, 4) is 22.6 Å². The third kappa shape index (κ3) is 3.92. The Morgan fingerprint density at radius 2 is 1.61 bits per heavy atom. The number of pyridine rings is 1. The molecule has 6 aromatic rings. The molecule has 7 heteroatoms. The van der Waals surface area contributed by atoms with Crippen molar-refractivity contribution < 1.29 is 13.6 Å². The van der Waals surface area contributed by atoms with E-state index in [1.807, 2.05) is 43.3 Å². The predicted octanol–water partition coefficient (Wildman–Crippen LogP) is 6.22. The Labute approximate surface area is 205 Å². The summed E-state index contributed by atoms with van der Waals surface area (Å²) in [6.45, 7) is 1.91. The van der Waals surface area contributed by atoms with Crippen molar-refractivity contribution >= 4 is 33.8 Å². The highest BCUT2D eigenvalue weighted by atomic mass is 16.4. The van der Waals surface area contributed by atoms with E-state index in [1.54, 1.807) is 54.7 Å². The van der Waals surface area contributed by atoms with E-state index in [-0.39, 0.29) is 5.91 Å². The van der Waals surface area contributed by atoms with Crippen LogP contribution in [0.3, 0.4) is 0 Å². The number of amides is 1. The number of carbonyl (C=O) groups is 1. The van der Waals surface area contributed by atoms with Gasteiger partial charge in [0, 0.05) is 28.4 Å². The molecule has 1 amide bonds. The van der Waals surface area contributed by atoms with Crippen molar-refractivity contribution in [1.82, 2.24) is 9.97 Å². The number of hydrogen-bond donors (Lipinski definition) is 1. The van der Waals surface area contributed by atoms with Gasteiger partial charge in [-0.1, -0.05) is 36.4 Å². The van der Waals surface area contributed by atoms with Crippen LogP contribution in [0.5, 0.6) is 0 Å². The second kappa shape index (κ2) is 8.63. The third-order valence-corrected chi connectivity index (χ3v) is 6.00. The Kier molecular flexibility index (Phi) is 5.15. The lowest BCUT2D eigenvalue weighted by molar-refractivity contribution is 0.102. The van der Waals surface area contributed by atoms with Crippen molar-refractivity contribution in [3.05, 3.63) is 113 Å². The molecule has 0 unspecified atom stereocenters. The van der Waals surface area contributed by atoms with Gasteiger partial charge in [-0.25, -0.2) is 9.78 Å². The second-order valence-corrected chi connectivity index (χ2v) is 8.39. The SMILES string of the molecule is Cc1ccc(-c2nc3ncccc3o2)cc1NC(=O)c1ccc(-c2cc3ccccc3oc2=O)cc1. The summed E-state index contributed by atoms with van der Waals surface area (Å²) in [7, 11) is 0. The van der Waals surface area contributed by atoms with Gasteiger partial charge in [0.1, 0.15) is 5.58 Å². The van der Waals surface area contributed by atoms with Crippen molar-refractivity contribution in [2.45, 2.75) is 6.92 Å². The van der Waals surface area contributed by atoms with Gasteiger partial charge in [0.05, 0.1) is 5.56 Å². The molecule has 3 heterocycles. The first kappa shape index (κ1) is 21.5. The van der Waals surface area contributed by atoms with Crippen LogP contribution in [-0.2, 0) is 0 Å². The quantitative estimate of drug-likeness (QED) is 0.305. The number of aryl methyl sites for hydroxylation is 1. The Morgan fingerprint density at radius 1 is 0.833 bits per heavy atom. The Hall–Kier alpha value is -5.04. The minimum atomic E-state index is -0.423. The molecule has 0 spiro atoms. The van der Waals surface area contributed by atoms with Gasteiger partial charge >= 0.3 is 5.63 Å². The van der Waals surface area contributed by atoms with Crippen LogP contribution < -0.4 is 10.9 Å². The van der Waals surface area contributed by atoms with Crippen molar-refractivity contribution in [2.24, 2.45) is 0 Å². The summed E-state index contributed by atoms with van der Waals surface area (Å²) in [4.78, 5) is 34.1. The smallest absolute Gasteiger partial charge is 0.344 e. The van der Waals surface area contributed by atoms with Gasteiger partial charge in [0.25, 0.3) is 5.91 Å². The minimum absolute atomic E-state index is 0.272. The molecule has 0 aliphatic carbocycles. The lowest BCUT2D eigenvalue weighted by Crippen LogP contribution is -2.13. The summed E-state index contributed by atoms with van der Waals surface area (Å²) >= 11 is 0. The van der Waals surface area contributed by atoms with Gasteiger partial charge in [-0.15, -0.1) is 0 Å². The van der Waals surface area contributed by atoms with Crippen molar-refractivity contribution in [3.63, 3.8) is 0 Å². The number of rotatable bonds is 4. The molecule has 0 saturated carbocycles. The van der Waals surface area contributed by atoms with Crippen LogP contribution in [0.4, 0.5) is 5.69 Å². The molecule has 0 atom stereocenters. The maximum absolute atomic E-state index is 13.0. The van der Waals surface area contributed by atoms with Crippen LogP contribution in [0, 0.1) is 6.92 Å². The van der Waals surface area contributed by atoms with Crippen molar-refractivity contribution in [2.75, 3.05) is 5.32 Å². The number of fused-ring (bicyclic) bond motifs is 2. The fourth-order valence-electron chi connectivity index (χ4n) is 4.04. The highest BCUT2D eigenvalue weighted by molar-refractivity contribution is 6.05. The first-order valence-corrected chi connectivity index (χ1v) is 11.3. The molecule has 0 saturated heterocycles. The first-order chi connectivity index (χ1) is 17.5. The molecule has 174 valence electrons. The van der Waals surface area contributed by atoms with E-state index in [4.69, 9.17) is 8.83 Å². The Morgan fingerprint density at radius 3 is 2.44 bits per heavy atom. The van der Waals surface area contributed by atoms with Gasteiger partial charge in [0.15, 0.2) is 11.2 Å².